The number of rotatable bonds is 4. The molecule has 1 aromatic rings. The third-order valence-corrected chi connectivity index (χ3v) is 7.11. The van der Waals surface area contributed by atoms with Crippen LogP contribution in [0.15, 0.2) is 23.2 Å². The Morgan fingerprint density at radius 2 is 1.85 bits per heavy atom. The largest absolute Gasteiger partial charge is 0.391 e. The molecule has 0 bridgehead atoms. The third-order valence-electron chi connectivity index (χ3n) is 5.18. The number of aromatic nitrogens is 1. The number of alkyl halides is 3. The Morgan fingerprint density at radius 3 is 2.54 bits per heavy atom. The first-order valence-corrected chi connectivity index (χ1v) is 10.5. The number of piperidine rings is 1. The number of halogens is 3. The van der Waals surface area contributed by atoms with Crippen molar-refractivity contribution in [2.24, 2.45) is 5.92 Å². The summed E-state index contributed by atoms with van der Waals surface area (Å²) >= 11 is 0. The van der Waals surface area contributed by atoms with Gasteiger partial charge in [-0.15, -0.1) is 0 Å². The summed E-state index contributed by atoms with van der Waals surface area (Å²) in [5.74, 6) is -1.19. The SMILES string of the molecule is O=S(=O)(c1cccnc1NC1CCCC(C(F)(F)F)C1)N1CCCCC1. The Balaban J connectivity index is 1.79. The van der Waals surface area contributed by atoms with E-state index in [1.165, 1.54) is 16.6 Å². The van der Waals surface area contributed by atoms with Crippen molar-refractivity contribution in [3.05, 3.63) is 18.3 Å². The molecule has 2 heterocycles. The third kappa shape index (κ3) is 4.31. The molecule has 2 unspecified atom stereocenters. The molecule has 5 nitrogen and oxygen atoms in total. The minimum Gasteiger partial charge on any atom is -0.366 e. The Labute approximate surface area is 152 Å². The normalized spacial score (nSPS) is 25.8. The van der Waals surface area contributed by atoms with Gasteiger partial charge in [-0.05, 0) is 44.2 Å². The maximum Gasteiger partial charge on any atom is 0.391 e. The minimum atomic E-state index is -4.22. The Kier molecular flexibility index (Phi) is 5.76. The van der Waals surface area contributed by atoms with E-state index in [1.807, 2.05) is 0 Å². The molecule has 3 rings (SSSR count). The predicted molar refractivity (Wildman–Crippen MR) is 92.3 cm³/mol. The lowest BCUT2D eigenvalue weighted by Gasteiger charge is -2.32. The van der Waals surface area contributed by atoms with Gasteiger partial charge in [0.05, 0.1) is 5.92 Å². The van der Waals surface area contributed by atoms with Crippen LogP contribution in [0.25, 0.3) is 0 Å². The van der Waals surface area contributed by atoms with Crippen LogP contribution in [0.2, 0.25) is 0 Å². The van der Waals surface area contributed by atoms with Crippen molar-refractivity contribution in [3.8, 4) is 0 Å². The second-order valence-corrected chi connectivity index (χ2v) is 8.97. The molecule has 1 saturated carbocycles. The summed E-state index contributed by atoms with van der Waals surface area (Å²) in [5, 5.41) is 2.98. The quantitative estimate of drug-likeness (QED) is 0.848. The van der Waals surface area contributed by atoms with E-state index < -0.39 is 28.2 Å². The van der Waals surface area contributed by atoms with E-state index >= 15 is 0 Å². The molecule has 0 radical (unpaired) electrons. The highest BCUT2D eigenvalue weighted by Gasteiger charge is 2.42. The maximum atomic E-state index is 13.0. The molecule has 26 heavy (non-hydrogen) atoms. The van der Waals surface area contributed by atoms with Crippen molar-refractivity contribution in [2.75, 3.05) is 18.4 Å². The van der Waals surface area contributed by atoms with Crippen molar-refractivity contribution < 1.29 is 21.6 Å². The number of nitrogens with one attached hydrogen (secondary N) is 1. The molecule has 146 valence electrons. The lowest BCUT2D eigenvalue weighted by atomic mass is 9.85. The average molecular weight is 391 g/mol. The topological polar surface area (TPSA) is 62.3 Å². The van der Waals surface area contributed by atoms with Crippen LogP contribution >= 0.6 is 0 Å². The lowest BCUT2D eigenvalue weighted by molar-refractivity contribution is -0.182. The van der Waals surface area contributed by atoms with Gasteiger partial charge in [-0.1, -0.05) is 12.8 Å². The number of nitrogens with zero attached hydrogens (tertiary/aromatic N) is 2. The highest BCUT2D eigenvalue weighted by Crippen LogP contribution is 2.38. The molecule has 9 heteroatoms. The molecule has 2 atom stereocenters. The fourth-order valence-electron chi connectivity index (χ4n) is 3.76. The Morgan fingerprint density at radius 1 is 1.12 bits per heavy atom. The molecule has 1 N–H and O–H groups in total. The van der Waals surface area contributed by atoms with Crippen LogP contribution in [-0.4, -0.2) is 43.0 Å². The molecular formula is C17H24F3N3O2S. The molecule has 0 amide bonds. The monoisotopic (exact) mass is 391 g/mol. The summed E-state index contributed by atoms with van der Waals surface area (Å²) in [6, 6.07) is 2.59. The van der Waals surface area contributed by atoms with Crippen LogP contribution < -0.4 is 5.32 Å². The van der Waals surface area contributed by atoms with Crippen LogP contribution in [0.4, 0.5) is 19.0 Å². The van der Waals surface area contributed by atoms with Gasteiger partial charge >= 0.3 is 6.18 Å². The maximum absolute atomic E-state index is 13.0. The smallest absolute Gasteiger partial charge is 0.366 e. The predicted octanol–water partition coefficient (Wildman–Crippen LogP) is 3.79. The standard InChI is InChI=1S/C17H24F3N3O2S/c18-17(19,20)13-6-4-7-14(12-13)22-16-15(8-5-9-21-16)26(24,25)23-10-2-1-3-11-23/h5,8-9,13-14H,1-4,6-7,10-12H2,(H,21,22). The van der Waals surface area contributed by atoms with Crippen LogP contribution in [0.5, 0.6) is 0 Å². The summed E-state index contributed by atoms with van der Waals surface area (Å²) in [4.78, 5) is 4.17. The van der Waals surface area contributed by atoms with Crippen LogP contribution in [-0.2, 0) is 10.0 Å². The van der Waals surface area contributed by atoms with Crippen molar-refractivity contribution >= 4 is 15.8 Å². The van der Waals surface area contributed by atoms with Crippen molar-refractivity contribution in [1.82, 2.24) is 9.29 Å². The first-order chi connectivity index (χ1) is 12.3. The van der Waals surface area contributed by atoms with Gasteiger partial charge in [0.1, 0.15) is 10.7 Å². The molecule has 2 fully saturated rings. The van der Waals surface area contributed by atoms with E-state index in [0.717, 1.165) is 19.3 Å². The summed E-state index contributed by atoms with van der Waals surface area (Å²) in [7, 11) is -3.70. The minimum absolute atomic E-state index is 0.0519. The van der Waals surface area contributed by atoms with Gasteiger partial charge in [0, 0.05) is 25.3 Å². The van der Waals surface area contributed by atoms with E-state index in [0.29, 0.717) is 25.9 Å². The van der Waals surface area contributed by atoms with Gasteiger partial charge in [0.15, 0.2) is 0 Å². The number of anilines is 1. The highest BCUT2D eigenvalue weighted by molar-refractivity contribution is 7.89. The summed E-state index contributed by atoms with van der Waals surface area (Å²) < 4.78 is 66.4. The van der Waals surface area contributed by atoms with Crippen LogP contribution in [0.3, 0.4) is 0 Å². The van der Waals surface area contributed by atoms with Crippen molar-refractivity contribution in [2.45, 2.75) is 62.1 Å². The number of pyridine rings is 1. The average Bonchev–Trinajstić information content (AvgIpc) is 2.62. The molecule has 2 aliphatic rings. The van der Waals surface area contributed by atoms with Gasteiger partial charge in [-0.25, -0.2) is 13.4 Å². The van der Waals surface area contributed by atoms with Gasteiger partial charge in [-0.3, -0.25) is 0 Å². The fraction of sp³-hybridized carbons (Fsp3) is 0.706. The van der Waals surface area contributed by atoms with Gasteiger partial charge < -0.3 is 5.32 Å². The first-order valence-electron chi connectivity index (χ1n) is 9.07. The number of hydrogen-bond acceptors (Lipinski definition) is 4. The molecular weight excluding hydrogens is 367 g/mol. The second-order valence-electron chi connectivity index (χ2n) is 7.06. The van der Waals surface area contributed by atoms with E-state index in [9.17, 15) is 21.6 Å². The van der Waals surface area contributed by atoms with E-state index in [4.69, 9.17) is 0 Å². The van der Waals surface area contributed by atoms with E-state index in [-0.39, 0.29) is 23.6 Å². The first kappa shape index (κ1) is 19.4. The molecule has 1 aromatic heterocycles. The second kappa shape index (κ2) is 7.72. The van der Waals surface area contributed by atoms with Gasteiger partial charge in [0.2, 0.25) is 10.0 Å². The van der Waals surface area contributed by atoms with Gasteiger partial charge in [-0.2, -0.15) is 17.5 Å². The highest BCUT2D eigenvalue weighted by atomic mass is 32.2. The van der Waals surface area contributed by atoms with Crippen LogP contribution in [0, 0.1) is 5.92 Å². The lowest BCUT2D eigenvalue weighted by Crippen LogP contribution is -2.37. The molecule has 0 aromatic carbocycles. The zero-order chi connectivity index (χ0) is 18.8. The Bertz CT molecular complexity index is 718. The van der Waals surface area contributed by atoms with E-state index in [1.54, 1.807) is 6.07 Å². The summed E-state index contributed by atoms with van der Waals surface area (Å²) in [6.45, 7) is 0.937. The fourth-order valence-corrected chi connectivity index (χ4v) is 5.39. The summed E-state index contributed by atoms with van der Waals surface area (Å²) in [6.07, 6.45) is 0.998. The molecule has 1 aliphatic carbocycles. The number of hydrogen-bond donors (Lipinski definition) is 1. The van der Waals surface area contributed by atoms with Gasteiger partial charge in [0.25, 0.3) is 0 Å². The molecule has 0 spiro atoms. The zero-order valence-electron chi connectivity index (χ0n) is 14.5. The summed E-state index contributed by atoms with van der Waals surface area (Å²) in [5.41, 5.74) is 0. The molecule has 1 aliphatic heterocycles. The zero-order valence-corrected chi connectivity index (χ0v) is 15.3. The van der Waals surface area contributed by atoms with Crippen molar-refractivity contribution in [3.63, 3.8) is 0 Å². The molecule has 1 saturated heterocycles. The van der Waals surface area contributed by atoms with Crippen molar-refractivity contribution in [1.29, 1.82) is 0 Å². The van der Waals surface area contributed by atoms with Crippen LogP contribution in [0.1, 0.15) is 44.9 Å². The van der Waals surface area contributed by atoms with E-state index in [2.05, 4.69) is 10.3 Å². The number of sulfonamides is 1. The Hall–Kier alpha value is -1.35.